The first kappa shape index (κ1) is 11.6. The summed E-state index contributed by atoms with van der Waals surface area (Å²) in [6.45, 7) is 1.55. The second kappa shape index (κ2) is 4.33. The Morgan fingerprint density at radius 1 is 1.27 bits per heavy atom. The lowest BCUT2D eigenvalue weighted by molar-refractivity contribution is -0.118. The van der Waals surface area contributed by atoms with Crippen LogP contribution in [-0.4, -0.2) is 13.0 Å². The highest BCUT2D eigenvalue weighted by molar-refractivity contribution is 5.92. The van der Waals surface area contributed by atoms with Gasteiger partial charge in [-0.1, -0.05) is 6.92 Å². The van der Waals surface area contributed by atoms with E-state index in [0.717, 1.165) is 11.0 Å². The molecule has 0 radical (unpaired) electrons. The lowest BCUT2D eigenvalue weighted by Gasteiger charge is -2.17. The quantitative estimate of drug-likeness (QED) is 0.697. The van der Waals surface area contributed by atoms with Crippen molar-refractivity contribution in [2.75, 3.05) is 11.9 Å². The van der Waals surface area contributed by atoms with Gasteiger partial charge < -0.3 is 4.90 Å². The maximum Gasteiger partial charge on any atom is 0.226 e. The van der Waals surface area contributed by atoms with E-state index in [4.69, 9.17) is 0 Å². The summed E-state index contributed by atoms with van der Waals surface area (Å²) in [6, 6.07) is 1.46. The molecule has 0 aliphatic rings. The zero-order chi connectivity index (χ0) is 11.6. The molecule has 0 aliphatic heterocycles. The van der Waals surface area contributed by atoms with Crippen molar-refractivity contribution in [3.05, 3.63) is 29.6 Å². The Kier molecular flexibility index (Phi) is 3.34. The molecule has 0 bridgehead atoms. The molecule has 0 saturated carbocycles. The van der Waals surface area contributed by atoms with E-state index in [9.17, 15) is 18.0 Å². The third kappa shape index (κ3) is 2.11. The number of rotatable bonds is 2. The molecule has 0 saturated heterocycles. The molecular formula is C10H10F3NO. The molecule has 0 heterocycles. The van der Waals surface area contributed by atoms with Crippen molar-refractivity contribution >= 4 is 11.6 Å². The first-order valence-corrected chi connectivity index (χ1v) is 4.39. The molecule has 0 spiro atoms. The van der Waals surface area contributed by atoms with Gasteiger partial charge in [-0.2, -0.15) is 0 Å². The van der Waals surface area contributed by atoms with E-state index in [0.29, 0.717) is 6.07 Å². The van der Waals surface area contributed by atoms with Crippen molar-refractivity contribution in [1.29, 1.82) is 0 Å². The standard InChI is InChI=1S/C10H10F3NO/c1-3-8(15)14(2)10-7(12)5-4-6(11)9(10)13/h4-5H,3H2,1-2H3. The fourth-order valence-corrected chi connectivity index (χ4v) is 1.19. The van der Waals surface area contributed by atoms with Gasteiger partial charge in [0.2, 0.25) is 5.91 Å². The summed E-state index contributed by atoms with van der Waals surface area (Å²) in [6.07, 6.45) is 0.0892. The van der Waals surface area contributed by atoms with Crippen LogP contribution in [0, 0.1) is 17.5 Å². The molecule has 5 heteroatoms. The number of carbonyl (C=O) groups is 1. The summed E-state index contributed by atoms with van der Waals surface area (Å²) in [5, 5.41) is 0. The average molecular weight is 217 g/mol. The Labute approximate surface area is 85.3 Å². The maximum absolute atomic E-state index is 13.2. The van der Waals surface area contributed by atoms with E-state index in [1.165, 1.54) is 7.05 Å². The molecular weight excluding hydrogens is 207 g/mol. The highest BCUT2D eigenvalue weighted by Gasteiger charge is 2.20. The normalized spacial score (nSPS) is 10.2. The third-order valence-corrected chi connectivity index (χ3v) is 2.03. The van der Waals surface area contributed by atoms with Gasteiger partial charge in [-0.25, -0.2) is 13.2 Å². The Hall–Kier alpha value is -1.52. The third-order valence-electron chi connectivity index (χ3n) is 2.03. The van der Waals surface area contributed by atoms with Gasteiger partial charge in [0, 0.05) is 13.5 Å². The molecule has 1 amide bonds. The number of benzene rings is 1. The van der Waals surface area contributed by atoms with E-state index in [1.807, 2.05) is 0 Å². The van der Waals surface area contributed by atoms with E-state index in [2.05, 4.69) is 0 Å². The minimum absolute atomic E-state index is 0.0892. The Balaban J connectivity index is 3.24. The SMILES string of the molecule is CCC(=O)N(C)c1c(F)ccc(F)c1F. The number of anilines is 1. The number of hydrogen-bond donors (Lipinski definition) is 0. The molecule has 0 atom stereocenters. The minimum atomic E-state index is -1.35. The summed E-state index contributed by atoms with van der Waals surface area (Å²) in [5.41, 5.74) is -0.651. The smallest absolute Gasteiger partial charge is 0.226 e. The summed E-state index contributed by atoms with van der Waals surface area (Å²) >= 11 is 0. The predicted molar refractivity (Wildman–Crippen MR) is 50.0 cm³/mol. The monoisotopic (exact) mass is 217 g/mol. The second-order valence-electron chi connectivity index (χ2n) is 3.00. The van der Waals surface area contributed by atoms with Crippen LogP contribution < -0.4 is 4.90 Å². The summed E-state index contributed by atoms with van der Waals surface area (Å²) < 4.78 is 39.2. The number of amides is 1. The highest BCUT2D eigenvalue weighted by atomic mass is 19.2. The predicted octanol–water partition coefficient (Wildman–Crippen LogP) is 2.48. The molecule has 0 unspecified atom stereocenters. The van der Waals surface area contributed by atoms with Crippen molar-refractivity contribution in [3.63, 3.8) is 0 Å². The molecule has 0 aliphatic carbocycles. The van der Waals surface area contributed by atoms with Crippen molar-refractivity contribution in [1.82, 2.24) is 0 Å². The summed E-state index contributed by atoms with van der Waals surface area (Å²) in [7, 11) is 1.20. The van der Waals surface area contributed by atoms with Gasteiger partial charge >= 0.3 is 0 Å². The van der Waals surface area contributed by atoms with Crippen molar-refractivity contribution in [3.8, 4) is 0 Å². The van der Waals surface area contributed by atoms with Crippen LogP contribution in [0.4, 0.5) is 18.9 Å². The fraction of sp³-hybridized carbons (Fsp3) is 0.300. The molecule has 1 aromatic carbocycles. The minimum Gasteiger partial charge on any atom is -0.310 e. The fourth-order valence-electron chi connectivity index (χ4n) is 1.19. The lowest BCUT2D eigenvalue weighted by atomic mass is 10.2. The summed E-state index contributed by atoms with van der Waals surface area (Å²) in [5.74, 6) is -3.97. The van der Waals surface area contributed by atoms with Crippen LogP contribution in [0.2, 0.25) is 0 Å². The van der Waals surface area contributed by atoms with Gasteiger partial charge in [0.25, 0.3) is 0 Å². The van der Waals surface area contributed by atoms with Crippen molar-refractivity contribution < 1.29 is 18.0 Å². The number of nitrogens with zero attached hydrogens (tertiary/aromatic N) is 1. The molecule has 1 rings (SSSR count). The van der Waals surface area contributed by atoms with Crippen LogP contribution in [0.25, 0.3) is 0 Å². The van der Waals surface area contributed by atoms with Gasteiger partial charge in [-0.05, 0) is 12.1 Å². The van der Waals surface area contributed by atoms with Gasteiger partial charge in [0.05, 0.1) is 0 Å². The number of halogens is 3. The Morgan fingerprint density at radius 2 is 1.80 bits per heavy atom. The molecule has 0 aromatic heterocycles. The van der Waals surface area contributed by atoms with Gasteiger partial charge in [0.1, 0.15) is 11.5 Å². The number of hydrogen-bond acceptors (Lipinski definition) is 1. The topological polar surface area (TPSA) is 20.3 Å². The van der Waals surface area contributed by atoms with E-state index < -0.39 is 29.0 Å². The van der Waals surface area contributed by atoms with Crippen LogP contribution in [-0.2, 0) is 4.79 Å². The van der Waals surface area contributed by atoms with Crippen molar-refractivity contribution in [2.24, 2.45) is 0 Å². The van der Waals surface area contributed by atoms with Crippen LogP contribution in [0.3, 0.4) is 0 Å². The van der Waals surface area contributed by atoms with Crippen LogP contribution in [0.1, 0.15) is 13.3 Å². The van der Waals surface area contributed by atoms with Crippen LogP contribution in [0.5, 0.6) is 0 Å². The van der Waals surface area contributed by atoms with Gasteiger partial charge in [-0.3, -0.25) is 4.79 Å². The van der Waals surface area contributed by atoms with Crippen LogP contribution >= 0.6 is 0 Å². The van der Waals surface area contributed by atoms with Crippen LogP contribution in [0.15, 0.2) is 12.1 Å². The molecule has 0 N–H and O–H groups in total. The number of carbonyl (C=O) groups excluding carboxylic acids is 1. The van der Waals surface area contributed by atoms with Gasteiger partial charge in [-0.15, -0.1) is 0 Å². The zero-order valence-corrected chi connectivity index (χ0v) is 8.35. The van der Waals surface area contributed by atoms with E-state index in [-0.39, 0.29) is 6.42 Å². The Morgan fingerprint density at radius 3 is 2.33 bits per heavy atom. The first-order chi connectivity index (χ1) is 6.99. The molecule has 82 valence electrons. The molecule has 0 fully saturated rings. The van der Waals surface area contributed by atoms with Crippen molar-refractivity contribution in [2.45, 2.75) is 13.3 Å². The van der Waals surface area contributed by atoms with Gasteiger partial charge in [0.15, 0.2) is 11.6 Å². The molecule has 15 heavy (non-hydrogen) atoms. The maximum atomic E-state index is 13.2. The molecule has 1 aromatic rings. The average Bonchev–Trinajstić information content (AvgIpc) is 2.22. The Bertz CT molecular complexity index is 392. The highest BCUT2D eigenvalue weighted by Crippen LogP contribution is 2.24. The first-order valence-electron chi connectivity index (χ1n) is 4.39. The second-order valence-corrected chi connectivity index (χ2v) is 3.00. The lowest BCUT2D eigenvalue weighted by Crippen LogP contribution is -2.27. The zero-order valence-electron chi connectivity index (χ0n) is 8.35. The largest absolute Gasteiger partial charge is 0.310 e. The van der Waals surface area contributed by atoms with E-state index in [1.54, 1.807) is 6.92 Å². The summed E-state index contributed by atoms with van der Waals surface area (Å²) in [4.78, 5) is 12.0. The van der Waals surface area contributed by atoms with E-state index >= 15 is 0 Å². The molecule has 2 nitrogen and oxygen atoms in total.